The first kappa shape index (κ1) is 24.6. The van der Waals surface area contributed by atoms with Gasteiger partial charge < -0.3 is 20.9 Å². The molecule has 2 aromatic rings. The lowest BCUT2D eigenvalue weighted by Crippen LogP contribution is -2.25. The number of nitrogens with one attached hydrogen (secondary N) is 3. The van der Waals surface area contributed by atoms with Crippen LogP contribution in [0.3, 0.4) is 0 Å². The van der Waals surface area contributed by atoms with E-state index in [4.69, 9.17) is 0 Å². The summed E-state index contributed by atoms with van der Waals surface area (Å²) in [7, 11) is 0. The fraction of sp³-hybridized carbons (Fsp3) is 0.375. The minimum Gasteiger partial charge on any atom is -0.385 e. The summed E-state index contributed by atoms with van der Waals surface area (Å²) in [6.45, 7) is 7.43. The highest BCUT2D eigenvalue weighted by atomic mass is 19.4. The SMILES string of the molecule is CCN(CC)CCCNc1ccc(NC=C2C(=O)Nc3ccc(F)cc32)cc1CC(F)(F)F. The maximum absolute atomic E-state index is 13.6. The van der Waals surface area contributed by atoms with Crippen molar-refractivity contribution in [3.8, 4) is 0 Å². The van der Waals surface area contributed by atoms with E-state index in [0.717, 1.165) is 26.1 Å². The summed E-state index contributed by atoms with van der Waals surface area (Å²) in [5.41, 5.74) is 2.02. The van der Waals surface area contributed by atoms with Gasteiger partial charge in [0.25, 0.3) is 5.91 Å². The Labute approximate surface area is 190 Å². The number of benzene rings is 2. The second kappa shape index (κ2) is 10.7. The smallest absolute Gasteiger partial charge is 0.385 e. The van der Waals surface area contributed by atoms with Crippen LogP contribution in [0.1, 0.15) is 31.4 Å². The zero-order valence-electron chi connectivity index (χ0n) is 18.7. The molecule has 0 aromatic heterocycles. The molecular weight excluding hydrogens is 436 g/mol. The lowest BCUT2D eigenvalue weighted by atomic mass is 10.1. The topological polar surface area (TPSA) is 56.4 Å². The second-order valence-corrected chi connectivity index (χ2v) is 7.82. The molecule has 1 amide bonds. The Balaban J connectivity index is 1.74. The Morgan fingerprint density at radius 3 is 2.55 bits per heavy atom. The molecule has 0 unspecified atom stereocenters. The summed E-state index contributed by atoms with van der Waals surface area (Å²) in [6.07, 6.45) is -3.25. The predicted molar refractivity (Wildman–Crippen MR) is 124 cm³/mol. The van der Waals surface area contributed by atoms with Crippen molar-refractivity contribution in [2.24, 2.45) is 0 Å². The molecule has 0 radical (unpaired) electrons. The van der Waals surface area contributed by atoms with Gasteiger partial charge >= 0.3 is 6.18 Å². The number of halogens is 4. The van der Waals surface area contributed by atoms with Crippen LogP contribution in [0, 0.1) is 5.82 Å². The minimum atomic E-state index is -4.36. The summed E-state index contributed by atoms with van der Waals surface area (Å²) in [6, 6.07) is 8.60. The van der Waals surface area contributed by atoms with Crippen LogP contribution in [0.4, 0.5) is 34.6 Å². The number of nitrogens with zero attached hydrogens (tertiary/aromatic N) is 1. The van der Waals surface area contributed by atoms with Crippen LogP contribution in [0.15, 0.2) is 42.6 Å². The Morgan fingerprint density at radius 1 is 1.09 bits per heavy atom. The van der Waals surface area contributed by atoms with E-state index in [1.807, 2.05) is 0 Å². The number of anilines is 3. The lowest BCUT2D eigenvalue weighted by Gasteiger charge is -2.19. The van der Waals surface area contributed by atoms with E-state index in [2.05, 4.69) is 34.7 Å². The molecule has 3 N–H and O–H groups in total. The van der Waals surface area contributed by atoms with Gasteiger partial charge in [0.1, 0.15) is 5.82 Å². The van der Waals surface area contributed by atoms with Crippen LogP contribution in [0.2, 0.25) is 0 Å². The first-order valence-electron chi connectivity index (χ1n) is 10.9. The number of fused-ring (bicyclic) bond motifs is 1. The highest BCUT2D eigenvalue weighted by molar-refractivity contribution is 6.31. The van der Waals surface area contributed by atoms with Gasteiger partial charge in [-0.05, 0) is 68.0 Å². The van der Waals surface area contributed by atoms with Crippen LogP contribution in [-0.2, 0) is 11.2 Å². The Hall–Kier alpha value is -3.07. The van der Waals surface area contributed by atoms with Crippen molar-refractivity contribution in [1.29, 1.82) is 0 Å². The summed E-state index contributed by atoms with van der Waals surface area (Å²) < 4.78 is 53.1. The second-order valence-electron chi connectivity index (χ2n) is 7.82. The van der Waals surface area contributed by atoms with Gasteiger partial charge in [-0.1, -0.05) is 13.8 Å². The number of amides is 1. The standard InChI is InChI=1S/C24H28F4N4O/c1-3-32(4-2)11-5-10-29-21-9-7-18(12-16(21)14-24(26,27)28)30-15-20-19-13-17(25)6-8-22(19)31-23(20)33/h6-9,12-13,15,29-30H,3-5,10-11,14H2,1-2H3,(H,31,33). The third-order valence-corrected chi connectivity index (χ3v) is 5.50. The average Bonchev–Trinajstić information content (AvgIpc) is 3.06. The normalized spacial score (nSPS) is 14.5. The van der Waals surface area contributed by atoms with Crippen molar-refractivity contribution >= 4 is 28.5 Å². The van der Waals surface area contributed by atoms with E-state index in [1.165, 1.54) is 30.5 Å². The molecule has 5 nitrogen and oxygen atoms in total. The first-order chi connectivity index (χ1) is 15.7. The number of alkyl halides is 3. The first-order valence-corrected chi connectivity index (χ1v) is 10.9. The third-order valence-electron chi connectivity index (χ3n) is 5.50. The highest BCUT2D eigenvalue weighted by Crippen LogP contribution is 2.33. The van der Waals surface area contributed by atoms with Gasteiger partial charge in [-0.25, -0.2) is 4.39 Å². The molecule has 0 saturated carbocycles. The van der Waals surface area contributed by atoms with Gasteiger partial charge in [0, 0.05) is 35.4 Å². The van der Waals surface area contributed by atoms with Crippen LogP contribution < -0.4 is 16.0 Å². The number of carbonyl (C=O) groups excluding carboxylic acids is 1. The van der Waals surface area contributed by atoms with Gasteiger partial charge in [0.05, 0.1) is 12.0 Å². The van der Waals surface area contributed by atoms with E-state index in [0.29, 0.717) is 29.2 Å². The number of carbonyl (C=O) groups is 1. The quantitative estimate of drug-likeness (QED) is 0.248. The van der Waals surface area contributed by atoms with E-state index >= 15 is 0 Å². The fourth-order valence-corrected chi connectivity index (χ4v) is 3.74. The van der Waals surface area contributed by atoms with Crippen molar-refractivity contribution in [2.75, 3.05) is 42.1 Å². The summed E-state index contributed by atoms with van der Waals surface area (Å²) in [5.74, 6) is -0.898. The van der Waals surface area contributed by atoms with Crippen molar-refractivity contribution in [3.05, 3.63) is 59.5 Å². The molecular formula is C24H28F4N4O. The monoisotopic (exact) mass is 464 g/mol. The molecule has 33 heavy (non-hydrogen) atoms. The van der Waals surface area contributed by atoms with Crippen molar-refractivity contribution in [2.45, 2.75) is 32.9 Å². The van der Waals surface area contributed by atoms with Crippen LogP contribution >= 0.6 is 0 Å². The summed E-state index contributed by atoms with van der Waals surface area (Å²) in [5, 5.41) is 8.63. The molecule has 1 heterocycles. The Bertz CT molecular complexity index is 1020. The minimum absolute atomic E-state index is 0.107. The molecule has 0 aliphatic carbocycles. The molecule has 0 atom stereocenters. The molecule has 1 aliphatic heterocycles. The van der Waals surface area contributed by atoms with Gasteiger partial charge in [0.15, 0.2) is 0 Å². The van der Waals surface area contributed by atoms with E-state index in [9.17, 15) is 22.4 Å². The molecule has 178 valence electrons. The molecule has 1 aliphatic rings. The molecule has 2 aromatic carbocycles. The number of rotatable bonds is 10. The van der Waals surface area contributed by atoms with Gasteiger partial charge in [-0.2, -0.15) is 13.2 Å². The van der Waals surface area contributed by atoms with Crippen molar-refractivity contribution in [1.82, 2.24) is 4.90 Å². The zero-order valence-corrected chi connectivity index (χ0v) is 18.7. The van der Waals surface area contributed by atoms with Crippen LogP contribution in [-0.4, -0.2) is 43.2 Å². The maximum atomic E-state index is 13.6. The molecule has 0 saturated heterocycles. The largest absolute Gasteiger partial charge is 0.393 e. The van der Waals surface area contributed by atoms with E-state index < -0.39 is 24.3 Å². The molecule has 0 spiro atoms. The van der Waals surface area contributed by atoms with Crippen LogP contribution in [0.25, 0.3) is 5.57 Å². The zero-order chi connectivity index (χ0) is 24.0. The van der Waals surface area contributed by atoms with Gasteiger partial charge in [-0.3, -0.25) is 4.79 Å². The lowest BCUT2D eigenvalue weighted by molar-refractivity contribution is -0.127. The van der Waals surface area contributed by atoms with Crippen molar-refractivity contribution < 1.29 is 22.4 Å². The average molecular weight is 465 g/mol. The fourth-order valence-electron chi connectivity index (χ4n) is 3.74. The third kappa shape index (κ3) is 6.71. The summed E-state index contributed by atoms with van der Waals surface area (Å²) in [4.78, 5) is 14.5. The Morgan fingerprint density at radius 2 is 1.85 bits per heavy atom. The maximum Gasteiger partial charge on any atom is 0.393 e. The van der Waals surface area contributed by atoms with Crippen LogP contribution in [0.5, 0.6) is 0 Å². The molecule has 0 fully saturated rings. The van der Waals surface area contributed by atoms with E-state index in [1.54, 1.807) is 12.1 Å². The number of hydrogen-bond acceptors (Lipinski definition) is 4. The Kier molecular flexibility index (Phi) is 7.97. The van der Waals surface area contributed by atoms with Gasteiger partial charge in [-0.15, -0.1) is 0 Å². The molecule has 9 heteroatoms. The predicted octanol–water partition coefficient (Wildman–Crippen LogP) is 5.48. The summed E-state index contributed by atoms with van der Waals surface area (Å²) >= 11 is 0. The highest BCUT2D eigenvalue weighted by Gasteiger charge is 2.29. The molecule has 3 rings (SSSR count). The van der Waals surface area contributed by atoms with Gasteiger partial charge in [0.2, 0.25) is 0 Å². The van der Waals surface area contributed by atoms with E-state index in [-0.39, 0.29) is 11.1 Å². The number of hydrogen-bond donors (Lipinski definition) is 3. The molecule has 0 bridgehead atoms. The van der Waals surface area contributed by atoms with Crippen molar-refractivity contribution in [3.63, 3.8) is 0 Å².